The Morgan fingerprint density at radius 3 is 2.64 bits per heavy atom. The Morgan fingerprint density at radius 2 is 1.92 bits per heavy atom. The van der Waals surface area contributed by atoms with Crippen LogP contribution in [0.15, 0.2) is 42.7 Å². The second-order valence-corrected chi connectivity index (χ2v) is 6.42. The molecule has 2 amide bonds. The summed E-state index contributed by atoms with van der Waals surface area (Å²) in [5, 5.41) is 2.67. The summed E-state index contributed by atoms with van der Waals surface area (Å²) in [7, 11) is 0. The molecule has 1 saturated heterocycles. The van der Waals surface area contributed by atoms with Crippen molar-refractivity contribution in [3.05, 3.63) is 59.7 Å². The highest BCUT2D eigenvalue weighted by Gasteiger charge is 2.23. The van der Waals surface area contributed by atoms with Crippen molar-refractivity contribution < 1.29 is 14.0 Å². The van der Waals surface area contributed by atoms with E-state index >= 15 is 0 Å². The molecule has 1 aromatic heterocycles. The quantitative estimate of drug-likeness (QED) is 0.931. The van der Waals surface area contributed by atoms with E-state index in [9.17, 15) is 14.0 Å². The molecule has 1 atom stereocenters. The van der Waals surface area contributed by atoms with E-state index in [2.05, 4.69) is 17.2 Å². The molecule has 6 heteroatoms. The summed E-state index contributed by atoms with van der Waals surface area (Å²) in [6, 6.07) is 7.04. The van der Waals surface area contributed by atoms with E-state index in [-0.39, 0.29) is 17.6 Å². The van der Waals surface area contributed by atoms with E-state index in [1.807, 2.05) is 4.90 Å². The zero-order valence-corrected chi connectivity index (χ0v) is 14.0. The summed E-state index contributed by atoms with van der Waals surface area (Å²) in [5.74, 6) is -0.380. The molecule has 1 aromatic carbocycles. The topological polar surface area (TPSA) is 62.3 Å². The van der Waals surface area contributed by atoms with Crippen LogP contribution in [0.25, 0.3) is 0 Å². The number of likely N-dealkylation sites (tertiary alicyclic amines) is 1. The molecule has 1 N–H and O–H groups in total. The van der Waals surface area contributed by atoms with Crippen molar-refractivity contribution in [2.45, 2.75) is 19.8 Å². The molecule has 0 aliphatic carbocycles. The van der Waals surface area contributed by atoms with Crippen molar-refractivity contribution in [2.24, 2.45) is 5.92 Å². The SMILES string of the molecule is CC1CCCN(C(=O)c2cncc(C(=O)Nc3ccc(F)cc3)c2)C1. The number of aromatic nitrogens is 1. The minimum Gasteiger partial charge on any atom is -0.338 e. The standard InChI is InChI=1S/C19H20FN3O2/c1-13-3-2-8-23(12-13)19(25)15-9-14(10-21-11-15)18(24)22-17-6-4-16(20)5-7-17/h4-7,9-11,13H,2-3,8,12H2,1H3,(H,22,24). The molecule has 0 saturated carbocycles. The molecule has 1 fully saturated rings. The molecule has 1 aliphatic rings. The lowest BCUT2D eigenvalue weighted by atomic mass is 9.99. The summed E-state index contributed by atoms with van der Waals surface area (Å²) in [6.07, 6.45) is 5.01. The Bertz CT molecular complexity index is 776. The Hall–Kier alpha value is -2.76. The van der Waals surface area contributed by atoms with Gasteiger partial charge in [0.05, 0.1) is 11.1 Å². The fraction of sp³-hybridized carbons (Fsp3) is 0.316. The fourth-order valence-corrected chi connectivity index (χ4v) is 2.97. The monoisotopic (exact) mass is 341 g/mol. The number of amides is 2. The van der Waals surface area contributed by atoms with Crippen molar-refractivity contribution in [1.29, 1.82) is 0 Å². The first-order valence-corrected chi connectivity index (χ1v) is 8.34. The Morgan fingerprint density at radius 1 is 1.20 bits per heavy atom. The van der Waals surface area contributed by atoms with Gasteiger partial charge in [-0.05, 0) is 49.1 Å². The highest BCUT2D eigenvalue weighted by atomic mass is 19.1. The maximum atomic E-state index is 12.9. The second-order valence-electron chi connectivity index (χ2n) is 6.42. The fourth-order valence-electron chi connectivity index (χ4n) is 2.97. The van der Waals surface area contributed by atoms with Crippen molar-refractivity contribution in [1.82, 2.24) is 9.88 Å². The van der Waals surface area contributed by atoms with Gasteiger partial charge in [0, 0.05) is 31.2 Å². The van der Waals surface area contributed by atoms with Crippen molar-refractivity contribution in [3.63, 3.8) is 0 Å². The van der Waals surface area contributed by atoms with Crippen LogP contribution in [0.1, 0.15) is 40.5 Å². The maximum Gasteiger partial charge on any atom is 0.257 e. The van der Waals surface area contributed by atoms with Crippen molar-refractivity contribution >= 4 is 17.5 Å². The summed E-state index contributed by atoms with van der Waals surface area (Å²) < 4.78 is 12.9. The second kappa shape index (κ2) is 7.42. The third kappa shape index (κ3) is 4.21. The first kappa shape index (κ1) is 17.1. The zero-order chi connectivity index (χ0) is 17.8. The van der Waals surface area contributed by atoms with Gasteiger partial charge in [-0.15, -0.1) is 0 Å². The minimum absolute atomic E-state index is 0.101. The van der Waals surface area contributed by atoms with Crippen molar-refractivity contribution in [3.8, 4) is 0 Å². The Balaban J connectivity index is 1.73. The molecule has 1 aliphatic heterocycles. The molecule has 2 heterocycles. The van der Waals surface area contributed by atoms with E-state index in [4.69, 9.17) is 0 Å². The predicted molar refractivity (Wildman–Crippen MR) is 92.9 cm³/mol. The lowest BCUT2D eigenvalue weighted by Gasteiger charge is -2.30. The lowest BCUT2D eigenvalue weighted by molar-refractivity contribution is 0.0682. The number of nitrogens with zero attached hydrogens (tertiary/aromatic N) is 2. The molecule has 0 radical (unpaired) electrons. The van der Waals surface area contributed by atoms with Crippen LogP contribution >= 0.6 is 0 Å². The van der Waals surface area contributed by atoms with Crippen LogP contribution in [0.4, 0.5) is 10.1 Å². The van der Waals surface area contributed by atoms with Crippen molar-refractivity contribution in [2.75, 3.05) is 18.4 Å². The molecule has 0 bridgehead atoms. The van der Waals surface area contributed by atoms with Gasteiger partial charge in [-0.1, -0.05) is 6.92 Å². The minimum atomic E-state index is -0.388. The number of anilines is 1. The Labute approximate surface area is 145 Å². The molecular weight excluding hydrogens is 321 g/mol. The van der Waals surface area contributed by atoms with E-state index in [0.717, 1.165) is 25.9 Å². The van der Waals surface area contributed by atoms with Crippen LogP contribution in [-0.2, 0) is 0 Å². The number of hydrogen-bond donors (Lipinski definition) is 1. The number of carbonyl (C=O) groups is 2. The van der Waals surface area contributed by atoms with Gasteiger partial charge in [-0.2, -0.15) is 0 Å². The molecule has 2 aromatic rings. The van der Waals surface area contributed by atoms with Gasteiger partial charge in [-0.25, -0.2) is 4.39 Å². The van der Waals surface area contributed by atoms with Gasteiger partial charge in [0.25, 0.3) is 11.8 Å². The summed E-state index contributed by atoms with van der Waals surface area (Å²) >= 11 is 0. The van der Waals surface area contributed by atoms with Crippen LogP contribution in [0, 0.1) is 11.7 Å². The lowest BCUT2D eigenvalue weighted by Crippen LogP contribution is -2.39. The highest BCUT2D eigenvalue weighted by Crippen LogP contribution is 2.18. The Kier molecular flexibility index (Phi) is 5.07. The number of benzene rings is 1. The highest BCUT2D eigenvalue weighted by molar-refractivity contribution is 6.05. The molecule has 3 rings (SSSR count). The van der Waals surface area contributed by atoms with Gasteiger partial charge in [-0.3, -0.25) is 14.6 Å². The van der Waals surface area contributed by atoms with Gasteiger partial charge in [0.15, 0.2) is 0 Å². The van der Waals surface area contributed by atoms with Crippen LogP contribution in [0.2, 0.25) is 0 Å². The van der Waals surface area contributed by atoms with E-state index in [1.165, 1.54) is 36.7 Å². The third-order valence-electron chi connectivity index (χ3n) is 4.29. The maximum absolute atomic E-state index is 12.9. The van der Waals surface area contributed by atoms with Crippen LogP contribution < -0.4 is 5.32 Å². The number of rotatable bonds is 3. The first-order valence-electron chi connectivity index (χ1n) is 8.34. The molecule has 5 nitrogen and oxygen atoms in total. The third-order valence-corrected chi connectivity index (χ3v) is 4.29. The molecule has 25 heavy (non-hydrogen) atoms. The smallest absolute Gasteiger partial charge is 0.257 e. The van der Waals surface area contributed by atoms with E-state index in [1.54, 1.807) is 6.07 Å². The number of piperidine rings is 1. The van der Waals surface area contributed by atoms with Crippen LogP contribution in [0.3, 0.4) is 0 Å². The summed E-state index contributed by atoms with van der Waals surface area (Å²) in [5.41, 5.74) is 1.18. The predicted octanol–water partition coefficient (Wildman–Crippen LogP) is 3.35. The van der Waals surface area contributed by atoms with Gasteiger partial charge < -0.3 is 10.2 Å². The van der Waals surface area contributed by atoms with Crippen LogP contribution in [-0.4, -0.2) is 34.8 Å². The molecule has 1 unspecified atom stereocenters. The number of carbonyl (C=O) groups excluding carboxylic acids is 2. The largest absolute Gasteiger partial charge is 0.338 e. The first-order chi connectivity index (χ1) is 12.0. The normalized spacial score (nSPS) is 17.2. The summed E-state index contributed by atoms with van der Waals surface area (Å²) in [4.78, 5) is 30.8. The average molecular weight is 341 g/mol. The summed E-state index contributed by atoms with van der Waals surface area (Å²) in [6.45, 7) is 3.59. The molecule has 0 spiro atoms. The number of pyridine rings is 1. The number of halogens is 1. The van der Waals surface area contributed by atoms with Gasteiger partial charge in [0.1, 0.15) is 5.82 Å². The number of nitrogens with one attached hydrogen (secondary N) is 1. The van der Waals surface area contributed by atoms with E-state index in [0.29, 0.717) is 22.7 Å². The zero-order valence-electron chi connectivity index (χ0n) is 14.0. The number of hydrogen-bond acceptors (Lipinski definition) is 3. The molecular formula is C19H20FN3O2. The van der Waals surface area contributed by atoms with Gasteiger partial charge >= 0.3 is 0 Å². The molecule has 130 valence electrons. The average Bonchev–Trinajstić information content (AvgIpc) is 2.63. The van der Waals surface area contributed by atoms with Gasteiger partial charge in [0.2, 0.25) is 0 Å². The van der Waals surface area contributed by atoms with Crippen LogP contribution in [0.5, 0.6) is 0 Å². The van der Waals surface area contributed by atoms with E-state index < -0.39 is 0 Å².